The topological polar surface area (TPSA) is 76.0 Å². The number of allylic oxidation sites excluding steroid dienone is 2. The largest absolute Gasteiger partial charge is 0.463 e. The van der Waals surface area contributed by atoms with Crippen LogP contribution in [-0.4, -0.2) is 47.5 Å². The molecular weight excluding hydrogens is 449 g/mol. The van der Waals surface area contributed by atoms with Gasteiger partial charge in [0.25, 0.3) is 0 Å². The van der Waals surface area contributed by atoms with Crippen LogP contribution in [0.15, 0.2) is 36.4 Å². The highest BCUT2D eigenvalue weighted by Gasteiger charge is 2.40. The Hall–Kier alpha value is -1.61. The summed E-state index contributed by atoms with van der Waals surface area (Å²) in [6.45, 7) is 0.0428. The van der Waals surface area contributed by atoms with Gasteiger partial charge in [-0.2, -0.15) is 13.2 Å². The molecule has 0 aromatic heterocycles. The zero-order valence-electron chi connectivity index (χ0n) is 17.8. The highest BCUT2D eigenvalue weighted by molar-refractivity contribution is 6.21. The minimum absolute atomic E-state index is 0.00696. The van der Waals surface area contributed by atoms with Crippen molar-refractivity contribution in [3.63, 3.8) is 0 Å². The predicted molar refractivity (Wildman–Crippen MR) is 114 cm³/mol. The molecule has 4 atom stereocenters. The zero-order chi connectivity index (χ0) is 23.6. The second-order valence-corrected chi connectivity index (χ2v) is 8.46. The van der Waals surface area contributed by atoms with E-state index < -0.39 is 17.8 Å². The van der Waals surface area contributed by atoms with Crippen LogP contribution in [0, 0.1) is 11.8 Å². The molecule has 0 saturated heterocycles. The van der Waals surface area contributed by atoms with Gasteiger partial charge in [-0.1, -0.05) is 24.3 Å². The summed E-state index contributed by atoms with van der Waals surface area (Å²) in [5.41, 5.74) is -0.298. The van der Waals surface area contributed by atoms with Gasteiger partial charge in [-0.3, -0.25) is 4.79 Å². The number of rotatable bonds is 12. The molecule has 0 amide bonds. The highest BCUT2D eigenvalue weighted by atomic mass is 35.5. The van der Waals surface area contributed by atoms with Crippen LogP contribution in [0.2, 0.25) is 0 Å². The molecule has 1 aliphatic carbocycles. The number of benzene rings is 1. The molecule has 0 heterocycles. The van der Waals surface area contributed by atoms with Crippen LogP contribution in [0.4, 0.5) is 13.2 Å². The lowest BCUT2D eigenvalue weighted by atomic mass is 9.92. The van der Waals surface area contributed by atoms with Crippen LogP contribution in [0.1, 0.15) is 43.2 Å². The second-order valence-electron chi connectivity index (χ2n) is 7.90. The van der Waals surface area contributed by atoms with E-state index in [1.165, 1.54) is 6.07 Å². The standard InChI is InChI=1S/C23H30ClF3O5/c24-20-13-21(29)19(15-31-14-16-6-5-7-17(12-16)23(25,26)27)18(20)8-3-1-2-4-9-22(30)32-11-10-28/h1,3,5-7,12,18-21,28-29H,2,4,8-11,13-15H2/b3-1-/t18-,19-,20-,21-/m1/s1. The number of aliphatic hydroxyl groups is 2. The van der Waals surface area contributed by atoms with E-state index in [1.807, 2.05) is 12.2 Å². The van der Waals surface area contributed by atoms with Crippen LogP contribution in [0.5, 0.6) is 0 Å². The zero-order valence-corrected chi connectivity index (χ0v) is 18.5. The third-order valence-electron chi connectivity index (χ3n) is 5.49. The summed E-state index contributed by atoms with van der Waals surface area (Å²) in [6, 6.07) is 5.00. The monoisotopic (exact) mass is 478 g/mol. The molecule has 1 saturated carbocycles. The summed E-state index contributed by atoms with van der Waals surface area (Å²) in [5.74, 6) is -0.564. The number of carbonyl (C=O) groups excluding carboxylic acids is 1. The van der Waals surface area contributed by atoms with Crippen LogP contribution >= 0.6 is 11.6 Å². The quantitative estimate of drug-likeness (QED) is 0.200. The minimum atomic E-state index is -4.40. The normalized spacial score (nSPS) is 23.7. The Morgan fingerprint density at radius 3 is 2.75 bits per heavy atom. The maximum Gasteiger partial charge on any atom is 0.416 e. The maximum atomic E-state index is 12.8. The van der Waals surface area contributed by atoms with Gasteiger partial charge < -0.3 is 19.7 Å². The molecule has 180 valence electrons. The molecule has 1 aliphatic rings. The molecule has 5 nitrogen and oxygen atoms in total. The lowest BCUT2D eigenvalue weighted by Gasteiger charge is -2.22. The first kappa shape index (κ1) is 26.6. The van der Waals surface area contributed by atoms with Gasteiger partial charge in [-0.15, -0.1) is 11.6 Å². The Balaban J connectivity index is 1.77. The predicted octanol–water partition coefficient (Wildman–Crippen LogP) is 4.48. The number of hydrogen-bond acceptors (Lipinski definition) is 5. The van der Waals surface area contributed by atoms with Gasteiger partial charge in [-0.05, 0) is 49.3 Å². The fraction of sp³-hybridized carbons (Fsp3) is 0.609. The van der Waals surface area contributed by atoms with Crippen molar-refractivity contribution >= 4 is 17.6 Å². The SMILES string of the molecule is O=C(CCC/C=C\C[C@@H]1[C@@H](COCc2cccc(C(F)(F)F)c2)[C@H](O)C[C@H]1Cl)OCCO. The van der Waals surface area contributed by atoms with Crippen LogP contribution < -0.4 is 0 Å². The maximum absolute atomic E-state index is 12.8. The fourth-order valence-corrected chi connectivity index (χ4v) is 4.28. The third kappa shape index (κ3) is 8.73. The number of unbranched alkanes of at least 4 members (excludes halogenated alkanes) is 1. The second kappa shape index (κ2) is 13.2. The summed E-state index contributed by atoms with van der Waals surface area (Å²) in [7, 11) is 0. The van der Waals surface area contributed by atoms with E-state index in [2.05, 4.69) is 0 Å². The molecule has 9 heteroatoms. The first-order valence-electron chi connectivity index (χ1n) is 10.7. The molecule has 1 fully saturated rings. The van der Waals surface area contributed by atoms with E-state index in [1.54, 1.807) is 6.07 Å². The van der Waals surface area contributed by atoms with Crippen molar-refractivity contribution in [1.82, 2.24) is 0 Å². The van der Waals surface area contributed by atoms with Gasteiger partial charge in [0.05, 0.1) is 31.5 Å². The van der Waals surface area contributed by atoms with Crippen molar-refractivity contribution in [3.05, 3.63) is 47.5 Å². The number of ether oxygens (including phenoxy) is 2. The lowest BCUT2D eigenvalue weighted by molar-refractivity contribution is -0.144. The van der Waals surface area contributed by atoms with E-state index in [9.17, 15) is 23.1 Å². The van der Waals surface area contributed by atoms with Crippen LogP contribution in [0.3, 0.4) is 0 Å². The van der Waals surface area contributed by atoms with E-state index >= 15 is 0 Å². The molecule has 0 radical (unpaired) electrons. The molecule has 1 aromatic carbocycles. The molecule has 0 spiro atoms. The Bertz CT molecular complexity index is 741. The smallest absolute Gasteiger partial charge is 0.416 e. The minimum Gasteiger partial charge on any atom is -0.463 e. The summed E-state index contributed by atoms with van der Waals surface area (Å²) in [4.78, 5) is 11.4. The number of hydrogen-bond donors (Lipinski definition) is 2. The molecule has 2 N–H and O–H groups in total. The van der Waals surface area contributed by atoms with Gasteiger partial charge in [0.1, 0.15) is 6.61 Å². The number of carbonyl (C=O) groups is 1. The lowest BCUT2D eigenvalue weighted by Crippen LogP contribution is -2.25. The summed E-state index contributed by atoms with van der Waals surface area (Å²) in [6.07, 6.45) is 1.56. The van der Waals surface area contributed by atoms with E-state index in [0.29, 0.717) is 31.2 Å². The van der Waals surface area contributed by atoms with Crippen molar-refractivity contribution in [2.45, 2.75) is 56.4 Å². The molecule has 0 unspecified atom stereocenters. The molecule has 1 aromatic rings. The molecule has 2 rings (SSSR count). The molecule has 0 aliphatic heterocycles. The number of alkyl halides is 4. The van der Waals surface area contributed by atoms with Gasteiger partial charge in [-0.25, -0.2) is 0 Å². The van der Waals surface area contributed by atoms with Crippen molar-refractivity contribution in [3.8, 4) is 0 Å². The third-order valence-corrected chi connectivity index (χ3v) is 5.99. The average molecular weight is 479 g/mol. The van der Waals surface area contributed by atoms with Gasteiger partial charge in [0.15, 0.2) is 0 Å². The first-order chi connectivity index (χ1) is 15.2. The van der Waals surface area contributed by atoms with Crippen molar-refractivity contribution in [2.24, 2.45) is 11.8 Å². The van der Waals surface area contributed by atoms with Crippen molar-refractivity contribution < 1.29 is 37.7 Å². The van der Waals surface area contributed by atoms with E-state index in [0.717, 1.165) is 12.1 Å². The Kier molecular flexibility index (Phi) is 11.0. The molecular formula is C23H30ClF3O5. The number of aliphatic hydroxyl groups excluding tert-OH is 2. The highest BCUT2D eigenvalue weighted by Crippen LogP contribution is 2.39. The van der Waals surface area contributed by atoms with Crippen molar-refractivity contribution in [1.29, 1.82) is 0 Å². The van der Waals surface area contributed by atoms with Crippen molar-refractivity contribution in [2.75, 3.05) is 19.8 Å². The molecule has 32 heavy (non-hydrogen) atoms. The Morgan fingerprint density at radius 2 is 2.03 bits per heavy atom. The van der Waals surface area contributed by atoms with Gasteiger partial charge in [0, 0.05) is 17.7 Å². The van der Waals surface area contributed by atoms with Gasteiger partial charge >= 0.3 is 12.1 Å². The summed E-state index contributed by atoms with van der Waals surface area (Å²) in [5, 5.41) is 18.7. The summed E-state index contributed by atoms with van der Waals surface area (Å²) >= 11 is 6.41. The first-order valence-corrected chi connectivity index (χ1v) is 11.1. The Labute approximate surface area is 191 Å². The van der Waals surface area contributed by atoms with Crippen LogP contribution in [0.25, 0.3) is 0 Å². The number of halogens is 4. The fourth-order valence-electron chi connectivity index (χ4n) is 3.81. The molecule has 0 bridgehead atoms. The van der Waals surface area contributed by atoms with Gasteiger partial charge in [0.2, 0.25) is 0 Å². The number of esters is 1. The summed E-state index contributed by atoms with van der Waals surface area (Å²) < 4.78 is 48.9. The Morgan fingerprint density at radius 1 is 1.25 bits per heavy atom. The van der Waals surface area contributed by atoms with E-state index in [4.69, 9.17) is 26.2 Å². The van der Waals surface area contributed by atoms with Crippen LogP contribution in [-0.2, 0) is 27.1 Å². The average Bonchev–Trinajstić information content (AvgIpc) is 3.01. The van der Waals surface area contributed by atoms with E-state index in [-0.39, 0.29) is 56.0 Å².